The molecule has 0 aliphatic heterocycles. The van der Waals surface area contributed by atoms with Crippen LogP contribution in [-0.2, 0) is 14.8 Å². The third-order valence-corrected chi connectivity index (χ3v) is 4.36. The standard InChI is InChI=1S/C21H20N4O5S/c1-31(29,30)25-18-8-4-7-16(13-18)6-3-2-5-15-9-11-17(12-10-15)20(26)23-19(14-22)21(27)24-28/h4,7-13,19,25,28H,14,22H2,1H3,(H,23,26)(H,24,27)/t19-/m0/s1. The highest BCUT2D eigenvalue weighted by Crippen LogP contribution is 2.11. The fraction of sp³-hybridized carbons (Fsp3) is 0.143. The van der Waals surface area contributed by atoms with Crippen LogP contribution in [0.1, 0.15) is 21.5 Å². The van der Waals surface area contributed by atoms with Gasteiger partial charge in [-0.25, -0.2) is 13.9 Å². The van der Waals surface area contributed by atoms with Crippen LogP contribution in [0, 0.1) is 23.7 Å². The highest BCUT2D eigenvalue weighted by Gasteiger charge is 2.19. The molecule has 1 atom stereocenters. The number of hydroxylamine groups is 1. The van der Waals surface area contributed by atoms with Gasteiger partial charge in [-0.15, -0.1) is 0 Å². The summed E-state index contributed by atoms with van der Waals surface area (Å²) in [6.07, 6.45) is 1.06. The van der Waals surface area contributed by atoms with Crippen molar-refractivity contribution in [3.63, 3.8) is 0 Å². The van der Waals surface area contributed by atoms with E-state index in [4.69, 9.17) is 10.9 Å². The van der Waals surface area contributed by atoms with Crippen molar-refractivity contribution in [1.29, 1.82) is 0 Å². The SMILES string of the molecule is CS(=O)(=O)Nc1cccc(C#CC#Cc2ccc(C(=O)N[C@@H](CN)C(=O)NO)cc2)c1. The first-order chi connectivity index (χ1) is 14.7. The lowest BCUT2D eigenvalue weighted by molar-refractivity contribution is -0.130. The summed E-state index contributed by atoms with van der Waals surface area (Å²) in [6.45, 7) is -0.173. The molecule has 0 heterocycles. The van der Waals surface area contributed by atoms with E-state index < -0.39 is 27.9 Å². The molecule has 0 saturated heterocycles. The number of sulfonamides is 1. The Morgan fingerprint density at radius 1 is 1.06 bits per heavy atom. The van der Waals surface area contributed by atoms with Crippen molar-refractivity contribution in [1.82, 2.24) is 10.8 Å². The van der Waals surface area contributed by atoms with Crippen LogP contribution in [0.25, 0.3) is 0 Å². The second-order valence-electron chi connectivity index (χ2n) is 6.27. The second kappa shape index (κ2) is 10.8. The smallest absolute Gasteiger partial charge is 0.267 e. The van der Waals surface area contributed by atoms with E-state index in [1.54, 1.807) is 36.4 Å². The molecule has 2 rings (SSSR count). The molecule has 31 heavy (non-hydrogen) atoms. The zero-order chi connectivity index (χ0) is 22.9. The van der Waals surface area contributed by atoms with Crippen molar-refractivity contribution in [2.24, 2.45) is 5.73 Å². The lowest BCUT2D eigenvalue weighted by Crippen LogP contribution is -2.50. The molecule has 0 radical (unpaired) electrons. The summed E-state index contributed by atoms with van der Waals surface area (Å²) in [5.41, 5.74) is 8.74. The van der Waals surface area contributed by atoms with Gasteiger partial charge in [0.1, 0.15) is 6.04 Å². The predicted octanol–water partition coefficient (Wildman–Crippen LogP) is 0.0238. The summed E-state index contributed by atoms with van der Waals surface area (Å²) in [6, 6.07) is 11.8. The van der Waals surface area contributed by atoms with E-state index in [1.165, 1.54) is 17.6 Å². The van der Waals surface area contributed by atoms with Gasteiger partial charge in [-0.1, -0.05) is 17.9 Å². The molecule has 2 aromatic rings. The number of amides is 2. The van der Waals surface area contributed by atoms with Gasteiger partial charge in [-0.05, 0) is 54.3 Å². The minimum absolute atomic E-state index is 0.173. The van der Waals surface area contributed by atoms with E-state index in [2.05, 4.69) is 33.7 Å². The topological polar surface area (TPSA) is 151 Å². The van der Waals surface area contributed by atoms with E-state index in [0.29, 0.717) is 16.8 Å². The van der Waals surface area contributed by atoms with E-state index in [0.717, 1.165) is 6.26 Å². The maximum atomic E-state index is 12.1. The van der Waals surface area contributed by atoms with Crippen LogP contribution in [0.5, 0.6) is 0 Å². The molecule has 2 aromatic carbocycles. The van der Waals surface area contributed by atoms with Crippen LogP contribution in [0.2, 0.25) is 0 Å². The maximum absolute atomic E-state index is 12.1. The zero-order valence-corrected chi connectivity index (χ0v) is 17.3. The second-order valence-corrected chi connectivity index (χ2v) is 8.02. The summed E-state index contributed by atoms with van der Waals surface area (Å²) in [7, 11) is -3.37. The third-order valence-electron chi connectivity index (χ3n) is 3.76. The number of anilines is 1. The molecule has 0 saturated carbocycles. The molecular formula is C21H20N4O5S. The predicted molar refractivity (Wildman–Crippen MR) is 115 cm³/mol. The van der Waals surface area contributed by atoms with Crippen molar-refractivity contribution in [3.8, 4) is 23.7 Å². The van der Waals surface area contributed by atoms with E-state index in [9.17, 15) is 18.0 Å². The minimum atomic E-state index is -3.37. The van der Waals surface area contributed by atoms with Gasteiger partial charge in [-0.3, -0.25) is 19.5 Å². The van der Waals surface area contributed by atoms with Crippen molar-refractivity contribution in [2.75, 3.05) is 17.5 Å². The maximum Gasteiger partial charge on any atom is 0.267 e. The van der Waals surface area contributed by atoms with Crippen LogP contribution in [0.4, 0.5) is 5.69 Å². The third kappa shape index (κ3) is 7.84. The average molecular weight is 440 g/mol. The lowest BCUT2D eigenvalue weighted by atomic mass is 10.1. The Morgan fingerprint density at radius 2 is 1.71 bits per heavy atom. The van der Waals surface area contributed by atoms with E-state index in [-0.39, 0.29) is 12.1 Å². The number of carbonyl (C=O) groups is 2. The molecule has 160 valence electrons. The Morgan fingerprint density at radius 3 is 2.29 bits per heavy atom. The lowest BCUT2D eigenvalue weighted by Gasteiger charge is -2.14. The van der Waals surface area contributed by atoms with Gasteiger partial charge in [0, 0.05) is 28.9 Å². The normalized spacial score (nSPS) is 11.1. The monoisotopic (exact) mass is 440 g/mol. The van der Waals surface area contributed by atoms with Crippen molar-refractivity contribution >= 4 is 27.5 Å². The summed E-state index contributed by atoms with van der Waals surface area (Å²) in [4.78, 5) is 23.5. The number of nitrogens with two attached hydrogens (primary N) is 1. The molecule has 0 aliphatic rings. The van der Waals surface area contributed by atoms with Crippen LogP contribution >= 0.6 is 0 Å². The zero-order valence-electron chi connectivity index (χ0n) is 16.5. The van der Waals surface area contributed by atoms with E-state index in [1.807, 2.05) is 0 Å². The Bertz CT molecular complexity index is 1190. The number of hydrogen-bond acceptors (Lipinski definition) is 6. The summed E-state index contributed by atoms with van der Waals surface area (Å²) in [5, 5.41) is 11.0. The summed E-state index contributed by atoms with van der Waals surface area (Å²) >= 11 is 0. The largest absolute Gasteiger partial charge is 0.339 e. The Labute approximate surface area is 180 Å². The molecule has 0 unspecified atom stereocenters. The number of carbonyl (C=O) groups excluding carboxylic acids is 2. The molecular weight excluding hydrogens is 420 g/mol. The van der Waals surface area contributed by atoms with Gasteiger partial charge < -0.3 is 11.1 Å². The first-order valence-electron chi connectivity index (χ1n) is 8.86. The molecule has 0 aliphatic carbocycles. The van der Waals surface area contributed by atoms with Gasteiger partial charge in [0.25, 0.3) is 11.8 Å². The first-order valence-corrected chi connectivity index (χ1v) is 10.8. The molecule has 10 heteroatoms. The average Bonchev–Trinajstić information content (AvgIpc) is 2.74. The minimum Gasteiger partial charge on any atom is -0.339 e. The van der Waals surface area contributed by atoms with Crippen molar-refractivity contribution < 1.29 is 23.2 Å². The van der Waals surface area contributed by atoms with Gasteiger partial charge in [0.05, 0.1) is 6.26 Å². The fourth-order valence-corrected chi connectivity index (χ4v) is 2.89. The van der Waals surface area contributed by atoms with Crippen LogP contribution in [0.15, 0.2) is 48.5 Å². The van der Waals surface area contributed by atoms with Crippen LogP contribution in [-0.4, -0.2) is 44.3 Å². The van der Waals surface area contributed by atoms with Crippen LogP contribution < -0.4 is 21.3 Å². The summed E-state index contributed by atoms with van der Waals surface area (Å²) in [5.74, 6) is 9.68. The number of nitrogens with one attached hydrogen (secondary N) is 3. The highest BCUT2D eigenvalue weighted by molar-refractivity contribution is 7.92. The number of benzene rings is 2. The van der Waals surface area contributed by atoms with Crippen molar-refractivity contribution in [3.05, 3.63) is 65.2 Å². The molecule has 9 nitrogen and oxygen atoms in total. The molecule has 0 fully saturated rings. The Hall–Kier alpha value is -3.83. The van der Waals surface area contributed by atoms with E-state index >= 15 is 0 Å². The molecule has 2 amide bonds. The van der Waals surface area contributed by atoms with Crippen LogP contribution in [0.3, 0.4) is 0 Å². The summed E-state index contributed by atoms with van der Waals surface area (Å²) < 4.78 is 24.9. The number of hydrogen-bond donors (Lipinski definition) is 5. The highest BCUT2D eigenvalue weighted by atomic mass is 32.2. The molecule has 0 spiro atoms. The van der Waals surface area contributed by atoms with Gasteiger partial charge >= 0.3 is 0 Å². The fourth-order valence-electron chi connectivity index (χ4n) is 2.34. The Kier molecular flexibility index (Phi) is 8.17. The first kappa shape index (κ1) is 23.4. The molecule has 0 aromatic heterocycles. The van der Waals surface area contributed by atoms with Gasteiger partial charge in [0.2, 0.25) is 10.0 Å². The van der Waals surface area contributed by atoms with Crippen molar-refractivity contribution in [2.45, 2.75) is 6.04 Å². The van der Waals surface area contributed by atoms with Gasteiger partial charge in [-0.2, -0.15) is 0 Å². The number of rotatable bonds is 6. The molecule has 6 N–H and O–H groups in total. The Balaban J connectivity index is 2.04. The quantitative estimate of drug-likeness (QED) is 0.243. The van der Waals surface area contributed by atoms with Gasteiger partial charge in [0.15, 0.2) is 0 Å². The molecule has 0 bridgehead atoms.